The van der Waals surface area contributed by atoms with Gasteiger partial charge in [-0.1, -0.05) is 49.9 Å². The summed E-state index contributed by atoms with van der Waals surface area (Å²) in [6.07, 6.45) is 9.66. The summed E-state index contributed by atoms with van der Waals surface area (Å²) in [6.45, 7) is 3.95. The summed E-state index contributed by atoms with van der Waals surface area (Å²) < 4.78 is 39.8. The van der Waals surface area contributed by atoms with Crippen LogP contribution in [0.5, 0.6) is 0 Å². The van der Waals surface area contributed by atoms with Gasteiger partial charge in [0.15, 0.2) is 6.29 Å². The second-order valence-electron chi connectivity index (χ2n) is 9.77. The number of benzene rings is 1. The Balaban J connectivity index is 1.22. The molecule has 0 bridgehead atoms. The van der Waals surface area contributed by atoms with E-state index in [0.29, 0.717) is 11.8 Å². The average Bonchev–Trinajstić information content (AvgIpc) is 2.78. The molecule has 3 aliphatic rings. The number of ether oxygens (including phenoxy) is 2. The molecule has 1 saturated carbocycles. The van der Waals surface area contributed by atoms with E-state index in [1.165, 1.54) is 62.7 Å². The van der Waals surface area contributed by atoms with Crippen LogP contribution in [0.25, 0.3) is 0 Å². The van der Waals surface area contributed by atoms with E-state index in [2.05, 4.69) is 6.92 Å². The van der Waals surface area contributed by atoms with Crippen LogP contribution in [0.2, 0.25) is 22.7 Å². The van der Waals surface area contributed by atoms with Crippen molar-refractivity contribution in [2.24, 2.45) is 11.8 Å². The Morgan fingerprint density at radius 2 is 1.57 bits per heavy atom. The van der Waals surface area contributed by atoms with Crippen molar-refractivity contribution in [1.82, 2.24) is 0 Å². The van der Waals surface area contributed by atoms with Gasteiger partial charge in [-0.2, -0.15) is 0 Å². The van der Waals surface area contributed by atoms with Gasteiger partial charge in [0, 0.05) is 20.6 Å². The van der Waals surface area contributed by atoms with Crippen LogP contribution in [0.15, 0.2) is 12.1 Å². The van der Waals surface area contributed by atoms with Crippen LogP contribution in [0.4, 0.5) is 8.78 Å². The molecule has 1 aromatic carbocycles. The maximum Gasteiger partial charge on any atom is 0.160 e. The molecule has 0 atom stereocenters. The first-order chi connectivity index (χ1) is 14.5. The van der Waals surface area contributed by atoms with Gasteiger partial charge in [-0.05, 0) is 61.3 Å². The fourth-order valence-corrected chi connectivity index (χ4v) is 10.4. The highest BCUT2D eigenvalue weighted by molar-refractivity contribution is 6.60. The Morgan fingerprint density at radius 1 is 0.967 bits per heavy atom. The van der Waals surface area contributed by atoms with Crippen LogP contribution in [0.1, 0.15) is 69.8 Å². The molecule has 0 amide bonds. The van der Waals surface area contributed by atoms with Crippen LogP contribution >= 0.6 is 11.6 Å². The van der Waals surface area contributed by atoms with Gasteiger partial charge in [-0.15, -0.1) is 0 Å². The minimum atomic E-state index is -0.789. The van der Waals surface area contributed by atoms with Crippen molar-refractivity contribution >= 4 is 20.4 Å². The van der Waals surface area contributed by atoms with Crippen molar-refractivity contribution in [3.63, 3.8) is 0 Å². The first-order valence-electron chi connectivity index (χ1n) is 11.9. The lowest BCUT2D eigenvalue weighted by molar-refractivity contribution is -0.228. The van der Waals surface area contributed by atoms with Crippen molar-refractivity contribution in [3.05, 3.63) is 34.4 Å². The van der Waals surface area contributed by atoms with Crippen molar-refractivity contribution in [3.8, 4) is 0 Å². The number of halogens is 3. The Labute approximate surface area is 186 Å². The SMILES string of the molecule is CCCC1COC(C2CCC([SiH]3CCC(c4cc(F)c(Cl)c(F)c4)CC3)CC2)OC1. The smallest absolute Gasteiger partial charge is 0.160 e. The molecule has 30 heavy (non-hydrogen) atoms. The third-order valence-electron chi connectivity index (χ3n) is 7.81. The first-order valence-corrected chi connectivity index (χ1v) is 14.6. The molecule has 2 saturated heterocycles. The standard InChI is InChI=1S/C24H35ClF2O2Si/c1-2-3-16-14-28-24(29-15-16)18-4-6-20(7-5-18)30-10-8-17(9-11-30)19-12-21(26)23(25)22(27)13-19/h12-13,16-18,20,24,30H,2-11,14-15H2,1H3. The van der Waals surface area contributed by atoms with Crippen molar-refractivity contribution < 1.29 is 18.3 Å². The van der Waals surface area contributed by atoms with E-state index >= 15 is 0 Å². The maximum absolute atomic E-state index is 13.8. The predicted octanol–water partition coefficient (Wildman–Crippen LogP) is 7.07. The Bertz CT molecular complexity index is 671. The third kappa shape index (κ3) is 5.28. The topological polar surface area (TPSA) is 18.5 Å². The molecule has 168 valence electrons. The molecular weight excluding hydrogens is 422 g/mol. The Morgan fingerprint density at radius 3 is 2.13 bits per heavy atom. The average molecular weight is 457 g/mol. The van der Waals surface area contributed by atoms with Crippen LogP contribution in [0.3, 0.4) is 0 Å². The maximum atomic E-state index is 13.8. The van der Waals surface area contributed by atoms with Gasteiger partial charge in [0.05, 0.1) is 13.2 Å². The van der Waals surface area contributed by atoms with Gasteiger partial charge < -0.3 is 9.47 Å². The molecule has 2 nitrogen and oxygen atoms in total. The molecule has 2 heterocycles. The first kappa shape index (κ1) is 22.7. The Hall–Kier alpha value is -0.493. The molecule has 0 spiro atoms. The lowest BCUT2D eigenvalue weighted by Gasteiger charge is -2.40. The fraction of sp³-hybridized carbons (Fsp3) is 0.750. The zero-order valence-corrected chi connectivity index (χ0v) is 20.0. The van der Waals surface area contributed by atoms with Crippen LogP contribution in [-0.4, -0.2) is 28.3 Å². The molecule has 1 aromatic rings. The van der Waals surface area contributed by atoms with Crippen LogP contribution in [0, 0.1) is 23.5 Å². The molecule has 0 radical (unpaired) electrons. The summed E-state index contributed by atoms with van der Waals surface area (Å²) in [5.41, 5.74) is 1.70. The predicted molar refractivity (Wildman–Crippen MR) is 120 cm³/mol. The monoisotopic (exact) mass is 456 g/mol. The summed E-state index contributed by atoms with van der Waals surface area (Å²) >= 11 is 5.64. The lowest BCUT2D eigenvalue weighted by atomic mass is 9.88. The van der Waals surface area contributed by atoms with Crippen LogP contribution < -0.4 is 0 Å². The quantitative estimate of drug-likeness (QED) is 0.348. The molecule has 2 aliphatic heterocycles. The van der Waals surface area contributed by atoms with Crippen molar-refractivity contribution in [1.29, 1.82) is 0 Å². The second kappa shape index (κ2) is 10.4. The second-order valence-corrected chi connectivity index (χ2v) is 13.8. The van der Waals surface area contributed by atoms with E-state index in [-0.39, 0.29) is 17.2 Å². The molecule has 3 fully saturated rings. The highest BCUT2D eigenvalue weighted by Gasteiger charge is 2.36. The van der Waals surface area contributed by atoms with Gasteiger partial charge in [0.1, 0.15) is 16.7 Å². The molecular formula is C24H35ClF2O2Si. The molecule has 6 heteroatoms. The van der Waals surface area contributed by atoms with E-state index in [1.807, 2.05) is 0 Å². The van der Waals surface area contributed by atoms with E-state index in [0.717, 1.165) is 37.2 Å². The zero-order chi connectivity index (χ0) is 21.1. The highest BCUT2D eigenvalue weighted by atomic mass is 35.5. The Kier molecular flexibility index (Phi) is 7.88. The molecule has 4 rings (SSSR count). The van der Waals surface area contributed by atoms with E-state index in [9.17, 15) is 8.78 Å². The molecule has 0 aromatic heterocycles. The normalized spacial score (nSPS) is 35.3. The van der Waals surface area contributed by atoms with Gasteiger partial charge in [-0.3, -0.25) is 0 Å². The summed E-state index contributed by atoms with van der Waals surface area (Å²) in [5, 5.41) is -0.384. The van der Waals surface area contributed by atoms with Gasteiger partial charge >= 0.3 is 0 Å². The number of rotatable bonds is 5. The third-order valence-corrected chi connectivity index (χ3v) is 12.3. The van der Waals surface area contributed by atoms with Crippen molar-refractivity contribution in [2.45, 2.75) is 88.1 Å². The number of hydrogen-bond acceptors (Lipinski definition) is 2. The largest absolute Gasteiger partial charge is 0.352 e. The highest BCUT2D eigenvalue weighted by Crippen LogP contribution is 2.45. The summed E-state index contributed by atoms with van der Waals surface area (Å²) in [7, 11) is -0.789. The molecule has 0 N–H and O–H groups in total. The minimum absolute atomic E-state index is 0.0196. The summed E-state index contributed by atoms with van der Waals surface area (Å²) in [4.78, 5) is 0. The van der Waals surface area contributed by atoms with Gasteiger partial charge in [0.25, 0.3) is 0 Å². The van der Waals surface area contributed by atoms with Crippen molar-refractivity contribution in [2.75, 3.05) is 13.2 Å². The van der Waals surface area contributed by atoms with Gasteiger partial charge in [-0.25, -0.2) is 8.78 Å². The summed E-state index contributed by atoms with van der Waals surface area (Å²) in [6, 6.07) is 5.47. The lowest BCUT2D eigenvalue weighted by Crippen LogP contribution is -2.39. The van der Waals surface area contributed by atoms with E-state index in [4.69, 9.17) is 21.1 Å². The zero-order valence-electron chi connectivity index (χ0n) is 18.1. The van der Waals surface area contributed by atoms with Gasteiger partial charge in [0.2, 0.25) is 0 Å². The summed E-state index contributed by atoms with van der Waals surface area (Å²) in [5.74, 6) is 0.170. The number of hydrogen-bond donors (Lipinski definition) is 0. The van der Waals surface area contributed by atoms with Crippen LogP contribution in [-0.2, 0) is 9.47 Å². The molecule has 1 aliphatic carbocycles. The fourth-order valence-electron chi connectivity index (χ4n) is 6.03. The van der Waals surface area contributed by atoms with E-state index < -0.39 is 20.4 Å². The molecule has 0 unspecified atom stereocenters. The van der Waals surface area contributed by atoms with E-state index in [1.54, 1.807) is 0 Å². The minimum Gasteiger partial charge on any atom is -0.352 e.